The van der Waals surface area contributed by atoms with Gasteiger partial charge in [-0.3, -0.25) is 4.79 Å². The molecule has 0 spiro atoms. The minimum absolute atomic E-state index is 0.0941. The molecule has 0 aromatic carbocycles. The third-order valence-electron chi connectivity index (χ3n) is 3.56. The summed E-state index contributed by atoms with van der Waals surface area (Å²) >= 11 is 0. The van der Waals surface area contributed by atoms with Gasteiger partial charge in [-0.1, -0.05) is 11.8 Å². The number of nitrogens with two attached hydrogens (primary N) is 1. The molecule has 2 N–H and O–H groups in total. The molecular weight excluding hydrogens is 266 g/mol. The Morgan fingerprint density at radius 1 is 1.52 bits per heavy atom. The summed E-state index contributed by atoms with van der Waals surface area (Å²) in [6.07, 6.45) is 3.61. The lowest BCUT2D eigenvalue weighted by molar-refractivity contribution is 0.0495. The Kier molecular flexibility index (Phi) is 5.73. The van der Waals surface area contributed by atoms with E-state index in [1.54, 1.807) is 23.2 Å². The summed E-state index contributed by atoms with van der Waals surface area (Å²) < 4.78 is 5.34. The zero-order valence-electron chi connectivity index (χ0n) is 12.3. The van der Waals surface area contributed by atoms with Crippen molar-refractivity contribution in [3.63, 3.8) is 0 Å². The van der Waals surface area contributed by atoms with E-state index in [-0.39, 0.29) is 12.5 Å². The summed E-state index contributed by atoms with van der Waals surface area (Å²) in [6.45, 7) is 2.55. The maximum absolute atomic E-state index is 12.5. The van der Waals surface area contributed by atoms with Crippen LogP contribution in [0, 0.1) is 17.8 Å². The maximum atomic E-state index is 12.5. The largest absolute Gasteiger partial charge is 0.381 e. The van der Waals surface area contributed by atoms with Crippen LogP contribution in [-0.4, -0.2) is 49.1 Å². The number of hydrogen-bond donors (Lipinski definition) is 1. The predicted molar refractivity (Wildman–Crippen MR) is 80.7 cm³/mol. The first kappa shape index (κ1) is 15.5. The van der Waals surface area contributed by atoms with E-state index in [9.17, 15) is 4.79 Å². The number of rotatable bonds is 3. The highest BCUT2D eigenvalue weighted by Crippen LogP contribution is 2.17. The number of hydrogen-bond acceptors (Lipinski definition) is 4. The lowest BCUT2D eigenvalue weighted by Crippen LogP contribution is -2.35. The lowest BCUT2D eigenvalue weighted by Gasteiger charge is -2.27. The quantitative estimate of drug-likeness (QED) is 0.838. The van der Waals surface area contributed by atoms with Crippen LogP contribution in [0.2, 0.25) is 0 Å². The summed E-state index contributed by atoms with van der Waals surface area (Å²) in [6, 6.07) is 3.57. The van der Waals surface area contributed by atoms with Crippen LogP contribution in [0.4, 0.5) is 0 Å². The van der Waals surface area contributed by atoms with E-state index in [1.807, 2.05) is 7.05 Å². The van der Waals surface area contributed by atoms with E-state index in [2.05, 4.69) is 16.8 Å². The molecule has 2 heterocycles. The summed E-state index contributed by atoms with van der Waals surface area (Å²) in [5.41, 5.74) is 6.41. The Bertz CT molecular complexity index is 542. The molecule has 1 aliphatic heterocycles. The van der Waals surface area contributed by atoms with Crippen LogP contribution >= 0.6 is 0 Å². The van der Waals surface area contributed by atoms with Gasteiger partial charge in [-0.05, 0) is 30.9 Å². The Balaban J connectivity index is 2.08. The second-order valence-corrected chi connectivity index (χ2v) is 5.15. The highest BCUT2D eigenvalue weighted by atomic mass is 16.5. The Hall–Kier alpha value is -1.90. The van der Waals surface area contributed by atoms with Crippen LogP contribution < -0.4 is 5.73 Å². The van der Waals surface area contributed by atoms with Crippen LogP contribution in [0.3, 0.4) is 0 Å². The highest BCUT2D eigenvalue weighted by Gasteiger charge is 2.21. The molecule has 1 aromatic heterocycles. The molecule has 0 bridgehead atoms. The third kappa shape index (κ3) is 4.28. The molecule has 0 atom stereocenters. The van der Waals surface area contributed by atoms with Crippen molar-refractivity contribution in [3.05, 3.63) is 29.6 Å². The van der Waals surface area contributed by atoms with Crippen molar-refractivity contribution >= 4 is 5.91 Å². The van der Waals surface area contributed by atoms with Crippen molar-refractivity contribution in [2.75, 3.05) is 33.4 Å². The Morgan fingerprint density at radius 3 is 3.00 bits per heavy atom. The van der Waals surface area contributed by atoms with Crippen molar-refractivity contribution < 1.29 is 9.53 Å². The second kappa shape index (κ2) is 7.77. The van der Waals surface area contributed by atoms with Crippen LogP contribution in [-0.2, 0) is 4.74 Å². The fraction of sp³-hybridized carbons (Fsp3) is 0.500. The van der Waals surface area contributed by atoms with Gasteiger partial charge in [0.25, 0.3) is 5.91 Å². The van der Waals surface area contributed by atoms with E-state index in [0.29, 0.717) is 17.2 Å². The fourth-order valence-electron chi connectivity index (χ4n) is 2.40. The van der Waals surface area contributed by atoms with E-state index in [4.69, 9.17) is 10.5 Å². The second-order valence-electron chi connectivity index (χ2n) is 5.15. The molecule has 1 aromatic rings. The molecule has 1 saturated heterocycles. The fourth-order valence-corrected chi connectivity index (χ4v) is 2.40. The van der Waals surface area contributed by atoms with Gasteiger partial charge in [0.15, 0.2) is 0 Å². The molecule has 1 fully saturated rings. The molecule has 21 heavy (non-hydrogen) atoms. The molecule has 5 heteroatoms. The molecular formula is C16H21N3O2. The van der Waals surface area contributed by atoms with Crippen LogP contribution in [0.5, 0.6) is 0 Å². The minimum atomic E-state index is -0.0941. The van der Waals surface area contributed by atoms with Gasteiger partial charge in [0.05, 0.1) is 12.1 Å². The van der Waals surface area contributed by atoms with Crippen molar-refractivity contribution in [1.82, 2.24) is 9.88 Å². The van der Waals surface area contributed by atoms with Crippen molar-refractivity contribution in [2.45, 2.75) is 12.8 Å². The minimum Gasteiger partial charge on any atom is -0.381 e. The normalized spacial score (nSPS) is 15.1. The average molecular weight is 287 g/mol. The number of aromatic nitrogens is 1. The molecule has 0 aliphatic carbocycles. The van der Waals surface area contributed by atoms with Gasteiger partial charge in [0, 0.05) is 33.0 Å². The number of ether oxygens (including phenoxy) is 1. The first-order valence-corrected chi connectivity index (χ1v) is 7.19. The summed E-state index contributed by atoms with van der Waals surface area (Å²) in [5, 5.41) is 0. The molecule has 5 nitrogen and oxygen atoms in total. The molecule has 0 unspecified atom stereocenters. The first-order chi connectivity index (χ1) is 10.2. The number of carbonyl (C=O) groups is 1. The van der Waals surface area contributed by atoms with E-state index >= 15 is 0 Å². The van der Waals surface area contributed by atoms with Crippen molar-refractivity contribution in [3.8, 4) is 11.8 Å². The average Bonchev–Trinajstić information content (AvgIpc) is 2.53. The first-order valence-electron chi connectivity index (χ1n) is 7.19. The van der Waals surface area contributed by atoms with E-state index < -0.39 is 0 Å². The topological polar surface area (TPSA) is 68.5 Å². The summed E-state index contributed by atoms with van der Waals surface area (Å²) in [7, 11) is 1.81. The van der Waals surface area contributed by atoms with Crippen LogP contribution in [0.15, 0.2) is 18.3 Å². The zero-order chi connectivity index (χ0) is 15.1. The number of pyridine rings is 1. The van der Waals surface area contributed by atoms with Gasteiger partial charge in [-0.25, -0.2) is 4.98 Å². The molecule has 1 amide bonds. The van der Waals surface area contributed by atoms with Gasteiger partial charge in [-0.15, -0.1) is 0 Å². The van der Waals surface area contributed by atoms with Crippen molar-refractivity contribution in [1.29, 1.82) is 0 Å². The predicted octanol–water partition coefficient (Wildman–Crippen LogP) is 0.890. The summed E-state index contributed by atoms with van der Waals surface area (Å²) in [5.74, 6) is 6.08. The third-order valence-corrected chi connectivity index (χ3v) is 3.56. The number of amides is 1. The van der Waals surface area contributed by atoms with Gasteiger partial charge >= 0.3 is 0 Å². The Morgan fingerprint density at radius 2 is 2.29 bits per heavy atom. The van der Waals surface area contributed by atoms with Gasteiger partial charge < -0.3 is 15.4 Å². The number of carbonyl (C=O) groups excluding carboxylic acids is 1. The molecule has 112 valence electrons. The SMILES string of the molecule is CN(CC1CCOCC1)C(=O)c1ncccc1C#CCN. The smallest absolute Gasteiger partial charge is 0.273 e. The molecule has 0 radical (unpaired) electrons. The molecule has 1 aliphatic rings. The molecule has 0 saturated carbocycles. The highest BCUT2D eigenvalue weighted by molar-refractivity contribution is 5.94. The monoisotopic (exact) mass is 287 g/mol. The van der Waals surface area contributed by atoms with Crippen molar-refractivity contribution in [2.24, 2.45) is 11.7 Å². The number of nitrogens with zero attached hydrogens (tertiary/aromatic N) is 2. The zero-order valence-corrected chi connectivity index (χ0v) is 12.3. The maximum Gasteiger partial charge on any atom is 0.273 e. The summed E-state index contributed by atoms with van der Waals surface area (Å²) in [4.78, 5) is 18.5. The standard InChI is InChI=1S/C16H21N3O2/c1-19(12-13-6-10-21-11-7-13)16(20)15-14(4-2-8-17)5-3-9-18-15/h3,5,9,13H,6-8,10-12,17H2,1H3. The van der Waals surface area contributed by atoms with Crippen LogP contribution in [0.1, 0.15) is 28.9 Å². The van der Waals surface area contributed by atoms with Crippen LogP contribution in [0.25, 0.3) is 0 Å². The van der Waals surface area contributed by atoms with E-state index in [0.717, 1.165) is 32.6 Å². The Labute approximate surface area is 125 Å². The van der Waals surface area contributed by atoms with Gasteiger partial charge in [0.2, 0.25) is 0 Å². The lowest BCUT2D eigenvalue weighted by atomic mass is 9.99. The van der Waals surface area contributed by atoms with E-state index in [1.165, 1.54) is 0 Å². The van der Waals surface area contributed by atoms with Gasteiger partial charge in [-0.2, -0.15) is 0 Å². The molecule has 2 rings (SSSR count). The van der Waals surface area contributed by atoms with Gasteiger partial charge in [0.1, 0.15) is 5.69 Å².